The summed E-state index contributed by atoms with van der Waals surface area (Å²) in [5.74, 6) is -0.144. The number of rotatable bonds is 5. The summed E-state index contributed by atoms with van der Waals surface area (Å²) in [6.07, 6.45) is 0.852. The van der Waals surface area contributed by atoms with Crippen molar-refractivity contribution in [2.45, 2.75) is 23.8 Å². The lowest BCUT2D eigenvalue weighted by atomic mass is 10.2. The van der Waals surface area contributed by atoms with Crippen LogP contribution in [0.2, 0.25) is 0 Å². The number of anilines is 1. The highest BCUT2D eigenvalue weighted by molar-refractivity contribution is 7.89. The molecule has 1 aromatic rings. The summed E-state index contributed by atoms with van der Waals surface area (Å²) in [6, 6.07) is 3.02. The zero-order chi connectivity index (χ0) is 15.6. The minimum atomic E-state index is -4.09. The molecule has 1 aliphatic heterocycles. The topological polar surface area (TPSA) is 144 Å². The quantitative estimate of drug-likeness (QED) is 0.388. The Morgan fingerprint density at radius 1 is 1.48 bits per heavy atom. The van der Waals surface area contributed by atoms with Gasteiger partial charge in [-0.05, 0) is 18.6 Å². The van der Waals surface area contributed by atoms with Crippen molar-refractivity contribution in [3.8, 4) is 0 Å². The SMILES string of the molecule is Nc1ccc([N+](=O)[O-])c(S(=O)(=O)NCC2CCC(=O)N2)c1. The van der Waals surface area contributed by atoms with E-state index in [9.17, 15) is 23.3 Å². The van der Waals surface area contributed by atoms with E-state index in [1.54, 1.807) is 0 Å². The third kappa shape index (κ3) is 3.47. The van der Waals surface area contributed by atoms with Crippen LogP contribution in [0.15, 0.2) is 23.1 Å². The lowest BCUT2D eigenvalue weighted by Crippen LogP contribution is -2.38. The van der Waals surface area contributed by atoms with Crippen LogP contribution in [-0.2, 0) is 14.8 Å². The second-order valence-corrected chi connectivity index (χ2v) is 6.37. The van der Waals surface area contributed by atoms with E-state index >= 15 is 0 Å². The van der Waals surface area contributed by atoms with Crippen LogP contribution in [0.1, 0.15) is 12.8 Å². The normalized spacial score (nSPS) is 18.5. The van der Waals surface area contributed by atoms with Crippen LogP contribution in [0.25, 0.3) is 0 Å². The highest BCUT2D eigenvalue weighted by atomic mass is 32.2. The van der Waals surface area contributed by atoms with E-state index in [2.05, 4.69) is 10.0 Å². The number of nitrogen functional groups attached to an aromatic ring is 1. The first kappa shape index (κ1) is 15.2. The Balaban J connectivity index is 2.21. The van der Waals surface area contributed by atoms with Crippen molar-refractivity contribution < 1.29 is 18.1 Å². The third-order valence-corrected chi connectivity index (χ3v) is 4.53. The molecule has 9 nitrogen and oxygen atoms in total. The average Bonchev–Trinajstić information content (AvgIpc) is 2.82. The molecule has 21 heavy (non-hydrogen) atoms. The fourth-order valence-electron chi connectivity index (χ4n) is 2.02. The molecule has 1 atom stereocenters. The molecule has 1 aromatic carbocycles. The molecule has 1 heterocycles. The van der Waals surface area contributed by atoms with E-state index in [0.29, 0.717) is 12.8 Å². The van der Waals surface area contributed by atoms with Gasteiger partial charge in [-0.3, -0.25) is 14.9 Å². The number of amides is 1. The number of carbonyl (C=O) groups is 1. The number of benzene rings is 1. The molecule has 0 aromatic heterocycles. The molecule has 0 spiro atoms. The highest BCUT2D eigenvalue weighted by Gasteiger charge is 2.28. The number of nitrogens with zero attached hydrogens (tertiary/aromatic N) is 1. The van der Waals surface area contributed by atoms with E-state index in [4.69, 9.17) is 5.73 Å². The molecule has 1 aliphatic rings. The van der Waals surface area contributed by atoms with E-state index in [1.807, 2.05) is 0 Å². The van der Waals surface area contributed by atoms with Gasteiger partial charge < -0.3 is 11.1 Å². The van der Waals surface area contributed by atoms with Crippen LogP contribution < -0.4 is 15.8 Å². The largest absolute Gasteiger partial charge is 0.399 e. The molecule has 10 heteroatoms. The first-order chi connectivity index (χ1) is 9.79. The number of nitro groups is 1. The van der Waals surface area contributed by atoms with Crippen molar-refractivity contribution >= 4 is 27.3 Å². The first-order valence-corrected chi connectivity index (χ1v) is 7.61. The van der Waals surface area contributed by atoms with Gasteiger partial charge in [0.2, 0.25) is 15.9 Å². The summed E-state index contributed by atoms with van der Waals surface area (Å²) in [6.45, 7) is -0.0278. The van der Waals surface area contributed by atoms with Crippen LogP contribution >= 0.6 is 0 Å². The summed E-state index contributed by atoms with van der Waals surface area (Å²) in [4.78, 5) is 20.7. The Labute approximate surface area is 120 Å². The van der Waals surface area contributed by atoms with E-state index < -0.39 is 25.5 Å². The maximum absolute atomic E-state index is 12.2. The molecule has 1 saturated heterocycles. The lowest BCUT2D eigenvalue weighted by Gasteiger charge is -2.12. The summed E-state index contributed by atoms with van der Waals surface area (Å²) in [7, 11) is -4.09. The van der Waals surface area contributed by atoms with Crippen molar-refractivity contribution in [1.82, 2.24) is 10.0 Å². The summed E-state index contributed by atoms with van der Waals surface area (Å²) < 4.78 is 26.6. The van der Waals surface area contributed by atoms with E-state index in [0.717, 1.165) is 12.1 Å². The third-order valence-electron chi connectivity index (χ3n) is 3.07. The fourth-order valence-corrected chi connectivity index (χ4v) is 3.30. The molecule has 0 radical (unpaired) electrons. The van der Waals surface area contributed by atoms with Crippen LogP contribution in [0, 0.1) is 10.1 Å². The maximum Gasteiger partial charge on any atom is 0.289 e. The van der Waals surface area contributed by atoms with Gasteiger partial charge in [0, 0.05) is 30.8 Å². The van der Waals surface area contributed by atoms with E-state index in [1.165, 1.54) is 6.07 Å². The van der Waals surface area contributed by atoms with Gasteiger partial charge in [-0.25, -0.2) is 13.1 Å². The zero-order valence-electron chi connectivity index (χ0n) is 10.9. The van der Waals surface area contributed by atoms with Crippen LogP contribution in [-0.4, -0.2) is 31.8 Å². The van der Waals surface area contributed by atoms with Crippen LogP contribution in [0.4, 0.5) is 11.4 Å². The molecule has 0 bridgehead atoms. The number of nitrogens with two attached hydrogens (primary N) is 1. The fraction of sp³-hybridized carbons (Fsp3) is 0.364. The van der Waals surface area contributed by atoms with E-state index in [-0.39, 0.29) is 24.2 Å². The Morgan fingerprint density at radius 3 is 2.76 bits per heavy atom. The van der Waals surface area contributed by atoms with Gasteiger partial charge >= 0.3 is 0 Å². The van der Waals surface area contributed by atoms with Crippen molar-refractivity contribution in [3.05, 3.63) is 28.3 Å². The van der Waals surface area contributed by atoms with Crippen LogP contribution in [0.3, 0.4) is 0 Å². The van der Waals surface area contributed by atoms with Gasteiger partial charge in [0.1, 0.15) is 0 Å². The molecule has 1 amide bonds. The Morgan fingerprint density at radius 2 is 2.19 bits per heavy atom. The number of nitrogens with one attached hydrogen (secondary N) is 2. The van der Waals surface area contributed by atoms with Gasteiger partial charge in [0.05, 0.1) is 4.92 Å². The minimum Gasteiger partial charge on any atom is -0.399 e. The maximum atomic E-state index is 12.2. The predicted molar refractivity (Wildman–Crippen MR) is 73.9 cm³/mol. The molecule has 114 valence electrons. The molecule has 0 saturated carbocycles. The average molecular weight is 314 g/mol. The smallest absolute Gasteiger partial charge is 0.289 e. The molecule has 2 rings (SSSR count). The number of nitro benzene ring substituents is 1. The molecule has 1 unspecified atom stereocenters. The molecule has 4 N–H and O–H groups in total. The number of sulfonamides is 1. The van der Waals surface area contributed by atoms with Gasteiger partial charge in [-0.15, -0.1) is 0 Å². The monoisotopic (exact) mass is 314 g/mol. The second kappa shape index (κ2) is 5.66. The van der Waals surface area contributed by atoms with Crippen molar-refractivity contribution in [3.63, 3.8) is 0 Å². The molecular weight excluding hydrogens is 300 g/mol. The summed E-state index contributed by atoms with van der Waals surface area (Å²) in [5.41, 5.74) is 5.05. The van der Waals surface area contributed by atoms with Crippen molar-refractivity contribution in [1.29, 1.82) is 0 Å². The van der Waals surface area contributed by atoms with Gasteiger partial charge in [0.25, 0.3) is 5.69 Å². The zero-order valence-corrected chi connectivity index (χ0v) is 11.7. The lowest BCUT2D eigenvalue weighted by molar-refractivity contribution is -0.387. The first-order valence-electron chi connectivity index (χ1n) is 6.12. The number of hydrogen-bond donors (Lipinski definition) is 3. The van der Waals surface area contributed by atoms with Gasteiger partial charge in [0.15, 0.2) is 4.90 Å². The van der Waals surface area contributed by atoms with Gasteiger partial charge in [-0.1, -0.05) is 0 Å². The van der Waals surface area contributed by atoms with Crippen LogP contribution in [0.5, 0.6) is 0 Å². The van der Waals surface area contributed by atoms with Crippen molar-refractivity contribution in [2.24, 2.45) is 0 Å². The second-order valence-electron chi connectivity index (χ2n) is 4.64. The predicted octanol–water partition coefficient (Wildman–Crippen LogP) is -0.266. The number of carbonyl (C=O) groups excluding carboxylic acids is 1. The minimum absolute atomic E-state index is 0.0278. The Bertz CT molecular complexity index is 688. The van der Waals surface area contributed by atoms with Crippen molar-refractivity contribution in [2.75, 3.05) is 12.3 Å². The highest BCUT2D eigenvalue weighted by Crippen LogP contribution is 2.25. The van der Waals surface area contributed by atoms with Gasteiger partial charge in [-0.2, -0.15) is 0 Å². The Hall–Kier alpha value is -2.20. The standard InChI is InChI=1S/C11H14N4O5S/c12-7-1-3-9(15(17)18)10(5-7)21(19,20)13-6-8-2-4-11(16)14-8/h1,3,5,8,13H,2,4,6,12H2,(H,14,16). The Kier molecular flexibility index (Phi) is 4.09. The summed E-state index contributed by atoms with van der Waals surface area (Å²) >= 11 is 0. The molecule has 1 fully saturated rings. The molecular formula is C11H14N4O5S. The summed E-state index contributed by atoms with van der Waals surface area (Å²) in [5, 5.41) is 13.5. The number of hydrogen-bond acceptors (Lipinski definition) is 6. The molecule has 0 aliphatic carbocycles.